The molecule has 1 aromatic heterocycles. The number of aromatic nitrogens is 1. The minimum Gasteiger partial charge on any atom is -0.496 e. The van der Waals surface area contributed by atoms with E-state index in [0.717, 1.165) is 61.3 Å². The molecule has 1 atom stereocenters. The van der Waals surface area contributed by atoms with Crippen LogP contribution in [0.25, 0.3) is 0 Å². The molecule has 1 aliphatic carbocycles. The maximum Gasteiger partial charge on any atom is 0.226 e. The fraction of sp³-hybridized carbons (Fsp3) is 0.478. The van der Waals surface area contributed by atoms with Gasteiger partial charge < -0.3 is 9.64 Å². The van der Waals surface area contributed by atoms with E-state index in [9.17, 15) is 4.79 Å². The number of carbonyl (C=O) groups excluding carboxylic acids is 1. The number of hydrogen-bond donors (Lipinski definition) is 0. The summed E-state index contributed by atoms with van der Waals surface area (Å²) in [6.07, 6.45) is 7.34. The number of pyridine rings is 1. The van der Waals surface area contributed by atoms with E-state index >= 15 is 0 Å². The van der Waals surface area contributed by atoms with Crippen LogP contribution in [0.5, 0.6) is 5.75 Å². The maximum absolute atomic E-state index is 13.0. The highest BCUT2D eigenvalue weighted by Gasteiger charge is 2.35. The van der Waals surface area contributed by atoms with Crippen LogP contribution < -0.4 is 4.74 Å². The molecule has 1 aliphatic heterocycles. The minimum absolute atomic E-state index is 0.135. The molecule has 2 aliphatic rings. The van der Waals surface area contributed by atoms with Crippen molar-refractivity contribution < 1.29 is 9.53 Å². The molecule has 0 unspecified atom stereocenters. The Morgan fingerprint density at radius 3 is 2.70 bits per heavy atom. The normalized spacial score (nSPS) is 20.2. The Bertz CT molecular complexity index is 798. The number of benzene rings is 1. The molecule has 2 aromatic rings. The fourth-order valence-electron chi connectivity index (χ4n) is 4.57. The van der Waals surface area contributed by atoms with E-state index < -0.39 is 0 Å². The van der Waals surface area contributed by atoms with Crippen LogP contribution in [-0.4, -0.2) is 29.4 Å². The van der Waals surface area contributed by atoms with E-state index in [1.807, 2.05) is 18.2 Å². The molecule has 0 radical (unpaired) electrons. The first-order valence-corrected chi connectivity index (χ1v) is 10.1. The van der Waals surface area contributed by atoms with E-state index in [2.05, 4.69) is 29.2 Å². The van der Waals surface area contributed by atoms with E-state index in [0.29, 0.717) is 5.91 Å². The van der Waals surface area contributed by atoms with Crippen molar-refractivity contribution in [2.75, 3.05) is 13.7 Å². The minimum atomic E-state index is 0.135. The lowest BCUT2D eigenvalue weighted by atomic mass is 10.0. The second-order valence-electron chi connectivity index (χ2n) is 7.71. The highest BCUT2D eigenvalue weighted by atomic mass is 16.5. The van der Waals surface area contributed by atoms with Crippen LogP contribution in [0.4, 0.5) is 0 Å². The number of para-hydroxylation sites is 1. The standard InChI is InChI=1S/C23H28N2O2/c1-27-22-14-5-4-10-18(22)16-19-11-6-12-20(24-19)21-13-7-15-25(21)23(26)17-8-2-3-9-17/h4-6,10-12,14,17,21H,2-3,7-9,13,15-16H2,1H3/t21-/m0/s1. The van der Waals surface area contributed by atoms with Crippen LogP contribution in [0.3, 0.4) is 0 Å². The monoisotopic (exact) mass is 364 g/mol. The molecule has 1 amide bonds. The summed E-state index contributed by atoms with van der Waals surface area (Å²) in [6.45, 7) is 0.873. The molecule has 27 heavy (non-hydrogen) atoms. The van der Waals surface area contributed by atoms with E-state index in [1.54, 1.807) is 7.11 Å². The van der Waals surface area contributed by atoms with Crippen LogP contribution in [0.1, 0.15) is 61.5 Å². The molecule has 0 bridgehead atoms. The highest BCUT2D eigenvalue weighted by molar-refractivity contribution is 5.79. The Kier molecular flexibility index (Phi) is 5.42. The quantitative estimate of drug-likeness (QED) is 0.782. The van der Waals surface area contributed by atoms with E-state index in [1.165, 1.54) is 12.8 Å². The van der Waals surface area contributed by atoms with Crippen LogP contribution in [-0.2, 0) is 11.2 Å². The predicted octanol–water partition coefficient (Wildman–Crippen LogP) is 4.53. The van der Waals surface area contributed by atoms with Gasteiger partial charge in [-0.1, -0.05) is 37.1 Å². The SMILES string of the molecule is COc1ccccc1Cc1cccc([C@@H]2CCCN2C(=O)C2CCCC2)n1. The number of ether oxygens (including phenoxy) is 1. The van der Waals surface area contributed by atoms with Crippen molar-refractivity contribution in [2.45, 2.75) is 51.0 Å². The summed E-state index contributed by atoms with van der Waals surface area (Å²) >= 11 is 0. The molecular formula is C23H28N2O2. The van der Waals surface area contributed by atoms with Crippen molar-refractivity contribution in [2.24, 2.45) is 5.92 Å². The Labute approximate surface area is 161 Å². The molecule has 1 saturated heterocycles. The Balaban J connectivity index is 1.53. The molecular weight excluding hydrogens is 336 g/mol. The molecule has 1 aromatic carbocycles. The highest BCUT2D eigenvalue weighted by Crippen LogP contribution is 2.35. The number of likely N-dealkylation sites (tertiary alicyclic amines) is 1. The summed E-state index contributed by atoms with van der Waals surface area (Å²) in [7, 11) is 1.70. The van der Waals surface area contributed by atoms with Crippen molar-refractivity contribution >= 4 is 5.91 Å². The third kappa shape index (κ3) is 3.85. The van der Waals surface area contributed by atoms with Gasteiger partial charge in [0.15, 0.2) is 0 Å². The van der Waals surface area contributed by atoms with Gasteiger partial charge in [0.1, 0.15) is 5.75 Å². The van der Waals surface area contributed by atoms with Gasteiger partial charge in [-0.3, -0.25) is 9.78 Å². The average Bonchev–Trinajstić information content (AvgIpc) is 3.40. The van der Waals surface area contributed by atoms with Gasteiger partial charge in [0.05, 0.1) is 18.8 Å². The number of carbonyl (C=O) groups is 1. The van der Waals surface area contributed by atoms with Gasteiger partial charge in [0.2, 0.25) is 5.91 Å². The van der Waals surface area contributed by atoms with Crippen molar-refractivity contribution in [3.8, 4) is 5.75 Å². The van der Waals surface area contributed by atoms with Gasteiger partial charge in [0, 0.05) is 30.1 Å². The third-order valence-corrected chi connectivity index (χ3v) is 5.97. The first-order valence-electron chi connectivity index (χ1n) is 10.1. The number of nitrogens with zero attached hydrogens (tertiary/aromatic N) is 2. The number of rotatable bonds is 5. The lowest BCUT2D eigenvalue weighted by Gasteiger charge is -2.27. The molecule has 4 heteroatoms. The zero-order valence-electron chi connectivity index (χ0n) is 16.1. The van der Waals surface area contributed by atoms with Crippen LogP contribution in [0.15, 0.2) is 42.5 Å². The first-order chi connectivity index (χ1) is 13.3. The molecule has 0 spiro atoms. The number of methoxy groups -OCH3 is 1. The number of amides is 1. The van der Waals surface area contributed by atoms with Crippen molar-refractivity contribution in [1.82, 2.24) is 9.88 Å². The van der Waals surface area contributed by atoms with Crippen molar-refractivity contribution in [1.29, 1.82) is 0 Å². The predicted molar refractivity (Wildman–Crippen MR) is 106 cm³/mol. The van der Waals surface area contributed by atoms with Gasteiger partial charge in [-0.2, -0.15) is 0 Å². The van der Waals surface area contributed by atoms with Crippen LogP contribution in [0, 0.1) is 5.92 Å². The van der Waals surface area contributed by atoms with Crippen LogP contribution >= 0.6 is 0 Å². The summed E-state index contributed by atoms with van der Waals surface area (Å²) in [5.41, 5.74) is 3.19. The molecule has 1 saturated carbocycles. The average molecular weight is 364 g/mol. The summed E-state index contributed by atoms with van der Waals surface area (Å²) < 4.78 is 5.47. The largest absolute Gasteiger partial charge is 0.496 e. The second kappa shape index (κ2) is 8.12. The Morgan fingerprint density at radius 1 is 1.07 bits per heavy atom. The van der Waals surface area contributed by atoms with Crippen LogP contribution in [0.2, 0.25) is 0 Å². The Morgan fingerprint density at radius 2 is 1.89 bits per heavy atom. The zero-order valence-corrected chi connectivity index (χ0v) is 16.1. The lowest BCUT2D eigenvalue weighted by Crippen LogP contribution is -2.35. The second-order valence-corrected chi connectivity index (χ2v) is 7.71. The van der Waals surface area contributed by atoms with E-state index in [-0.39, 0.29) is 12.0 Å². The number of hydrogen-bond acceptors (Lipinski definition) is 3. The maximum atomic E-state index is 13.0. The van der Waals surface area contributed by atoms with Gasteiger partial charge in [-0.25, -0.2) is 0 Å². The smallest absolute Gasteiger partial charge is 0.226 e. The summed E-state index contributed by atoms with van der Waals surface area (Å²) in [5, 5.41) is 0. The van der Waals surface area contributed by atoms with Gasteiger partial charge in [0.25, 0.3) is 0 Å². The third-order valence-electron chi connectivity index (χ3n) is 5.97. The summed E-state index contributed by atoms with van der Waals surface area (Å²) in [4.78, 5) is 20.0. The van der Waals surface area contributed by atoms with Gasteiger partial charge in [-0.15, -0.1) is 0 Å². The molecule has 2 fully saturated rings. The van der Waals surface area contributed by atoms with E-state index in [4.69, 9.17) is 9.72 Å². The Hall–Kier alpha value is -2.36. The fourth-order valence-corrected chi connectivity index (χ4v) is 4.57. The topological polar surface area (TPSA) is 42.4 Å². The lowest BCUT2D eigenvalue weighted by molar-refractivity contribution is -0.136. The molecule has 2 heterocycles. The summed E-state index contributed by atoms with van der Waals surface area (Å²) in [5.74, 6) is 1.48. The molecule has 0 N–H and O–H groups in total. The molecule has 142 valence electrons. The molecule has 4 nitrogen and oxygen atoms in total. The van der Waals surface area contributed by atoms with Crippen molar-refractivity contribution in [3.63, 3.8) is 0 Å². The van der Waals surface area contributed by atoms with Gasteiger partial charge in [-0.05, 0) is 43.9 Å². The zero-order chi connectivity index (χ0) is 18.6. The van der Waals surface area contributed by atoms with Crippen molar-refractivity contribution in [3.05, 3.63) is 59.4 Å². The first kappa shape index (κ1) is 18.0. The molecule has 4 rings (SSSR count). The summed E-state index contributed by atoms with van der Waals surface area (Å²) in [6, 6.07) is 14.4. The van der Waals surface area contributed by atoms with Gasteiger partial charge >= 0.3 is 0 Å².